The van der Waals surface area contributed by atoms with Crippen LogP contribution in [0, 0.1) is 12.1 Å². The highest BCUT2D eigenvalue weighted by atomic mass is 32.1. The van der Waals surface area contributed by atoms with Gasteiger partial charge in [0.15, 0.2) is 5.82 Å². The Morgan fingerprint density at radius 1 is 0.518 bits per heavy atom. The van der Waals surface area contributed by atoms with E-state index in [1.165, 1.54) is 74.9 Å². The summed E-state index contributed by atoms with van der Waals surface area (Å²) >= 11 is 1.79. The molecular formula is C52H29N3S. The van der Waals surface area contributed by atoms with Crippen LogP contribution in [-0.2, 0) is 12.8 Å². The molecule has 0 aliphatic heterocycles. The summed E-state index contributed by atoms with van der Waals surface area (Å²) in [5.41, 5.74) is 9.95. The average Bonchev–Trinajstić information content (AvgIpc) is 3.81. The predicted octanol–water partition coefficient (Wildman–Crippen LogP) is 13.6. The first-order valence-electron chi connectivity index (χ1n) is 19.2. The second kappa shape index (κ2) is 11.2. The molecule has 3 heterocycles. The van der Waals surface area contributed by atoms with Crippen molar-refractivity contribution in [2.75, 3.05) is 0 Å². The summed E-state index contributed by atoms with van der Waals surface area (Å²) in [5.74, 6) is 0.828. The lowest BCUT2D eigenvalue weighted by Crippen LogP contribution is -2.12. The molecule has 3 aromatic heterocycles. The van der Waals surface area contributed by atoms with Crippen molar-refractivity contribution in [2.24, 2.45) is 0 Å². The van der Waals surface area contributed by atoms with Gasteiger partial charge in [-0.25, -0.2) is 9.97 Å². The summed E-state index contributed by atoms with van der Waals surface area (Å²) in [4.78, 5) is 11.3. The first-order chi connectivity index (χ1) is 27.8. The molecule has 0 bridgehead atoms. The molecule has 0 radical (unpaired) electrons. The Labute approximate surface area is 325 Å². The maximum absolute atomic E-state index is 5.72. The lowest BCUT2D eigenvalue weighted by atomic mass is 9.81. The molecule has 56 heavy (non-hydrogen) atoms. The van der Waals surface area contributed by atoms with Crippen LogP contribution in [0.25, 0.3) is 113 Å². The van der Waals surface area contributed by atoms with Crippen molar-refractivity contribution in [2.45, 2.75) is 12.8 Å². The second-order valence-corrected chi connectivity index (χ2v) is 16.1. The van der Waals surface area contributed by atoms with Crippen molar-refractivity contribution in [3.8, 4) is 28.2 Å². The van der Waals surface area contributed by atoms with Gasteiger partial charge in [-0.15, -0.1) is 11.3 Å². The van der Waals surface area contributed by atoms with Gasteiger partial charge in [0.25, 0.3) is 0 Å². The van der Waals surface area contributed by atoms with Crippen LogP contribution in [0.5, 0.6) is 0 Å². The Balaban J connectivity index is 1.21. The Bertz CT molecular complexity index is 3660. The van der Waals surface area contributed by atoms with E-state index >= 15 is 0 Å². The molecule has 0 N–H and O–H groups in total. The van der Waals surface area contributed by atoms with Crippen LogP contribution in [0.15, 0.2) is 152 Å². The average molecular weight is 728 g/mol. The van der Waals surface area contributed by atoms with Crippen LogP contribution < -0.4 is 0 Å². The van der Waals surface area contributed by atoms with E-state index in [9.17, 15) is 0 Å². The SMILES string of the molecule is c1c(-c2nc3ccc4ccccc4c3nc2-n2c3c(c4c5ccccc5ccc42)-c2c(c4ccccc4c4ccccc24)CC3)cc2sc3ccccc3c2c#1. The largest absolute Gasteiger partial charge is 0.296 e. The van der Waals surface area contributed by atoms with Crippen molar-refractivity contribution in [3.05, 3.63) is 175 Å². The van der Waals surface area contributed by atoms with Crippen LogP contribution in [-0.4, -0.2) is 14.5 Å². The molecule has 0 unspecified atom stereocenters. The molecule has 13 rings (SSSR count). The summed E-state index contributed by atoms with van der Waals surface area (Å²) in [6, 6.07) is 62.1. The maximum atomic E-state index is 5.72. The number of aryl methyl sites for hydroxylation is 1. The third kappa shape index (κ3) is 4.07. The lowest BCUT2D eigenvalue weighted by Gasteiger charge is -2.24. The van der Waals surface area contributed by atoms with Crippen LogP contribution in [0.2, 0.25) is 0 Å². The fourth-order valence-corrected chi connectivity index (χ4v) is 10.8. The maximum Gasteiger partial charge on any atom is 0.165 e. The highest BCUT2D eigenvalue weighted by Gasteiger charge is 2.31. The molecule has 0 spiro atoms. The van der Waals surface area contributed by atoms with E-state index in [2.05, 4.69) is 168 Å². The summed E-state index contributed by atoms with van der Waals surface area (Å²) in [5, 5.41) is 13.5. The summed E-state index contributed by atoms with van der Waals surface area (Å²) in [7, 11) is 0. The van der Waals surface area contributed by atoms with Crippen LogP contribution >= 0.6 is 11.3 Å². The lowest BCUT2D eigenvalue weighted by molar-refractivity contribution is 0.859. The monoisotopic (exact) mass is 727 g/mol. The van der Waals surface area contributed by atoms with E-state index in [0.29, 0.717) is 0 Å². The summed E-state index contributed by atoms with van der Waals surface area (Å²) in [6.45, 7) is 0. The van der Waals surface area contributed by atoms with Gasteiger partial charge in [0.2, 0.25) is 0 Å². The molecule has 258 valence electrons. The predicted molar refractivity (Wildman–Crippen MR) is 235 cm³/mol. The smallest absolute Gasteiger partial charge is 0.165 e. The fourth-order valence-electron chi connectivity index (χ4n) is 9.70. The van der Waals surface area contributed by atoms with Gasteiger partial charge >= 0.3 is 0 Å². The van der Waals surface area contributed by atoms with Crippen LogP contribution in [0.3, 0.4) is 0 Å². The fraction of sp³-hybridized carbons (Fsp3) is 0.0385. The summed E-state index contributed by atoms with van der Waals surface area (Å²) < 4.78 is 4.87. The molecule has 1 aliphatic rings. The number of rotatable bonds is 2. The Kier molecular flexibility index (Phi) is 6.08. The van der Waals surface area contributed by atoms with E-state index in [1.54, 1.807) is 11.3 Å². The van der Waals surface area contributed by atoms with Crippen molar-refractivity contribution in [1.29, 1.82) is 0 Å². The quantitative estimate of drug-likeness (QED) is 0.166. The molecule has 4 heteroatoms. The highest BCUT2D eigenvalue weighted by Crippen LogP contribution is 2.50. The number of nitrogens with zero attached hydrogens (tertiary/aromatic N) is 3. The van der Waals surface area contributed by atoms with Gasteiger partial charge in [-0.1, -0.05) is 140 Å². The zero-order chi connectivity index (χ0) is 36.5. The van der Waals surface area contributed by atoms with E-state index in [4.69, 9.17) is 9.97 Å². The normalized spacial score (nSPS) is 12.7. The number of benzene rings is 8. The van der Waals surface area contributed by atoms with Crippen LogP contribution in [0.4, 0.5) is 0 Å². The summed E-state index contributed by atoms with van der Waals surface area (Å²) in [6.07, 6.45) is 1.79. The third-order valence-corrected chi connectivity index (χ3v) is 13.2. The minimum absolute atomic E-state index is 0.811. The van der Waals surface area contributed by atoms with Crippen molar-refractivity contribution >= 4 is 96.5 Å². The highest BCUT2D eigenvalue weighted by molar-refractivity contribution is 7.25. The molecular weight excluding hydrogens is 699 g/mol. The van der Waals surface area contributed by atoms with Crippen LogP contribution in [0.1, 0.15) is 11.3 Å². The topological polar surface area (TPSA) is 30.7 Å². The van der Waals surface area contributed by atoms with Gasteiger partial charge in [0.1, 0.15) is 5.69 Å². The number of thiophene rings is 1. The zero-order valence-corrected chi connectivity index (χ0v) is 30.9. The van der Waals surface area contributed by atoms with Crippen molar-refractivity contribution in [3.63, 3.8) is 0 Å². The first-order valence-corrected chi connectivity index (χ1v) is 20.0. The molecule has 0 amide bonds. The van der Waals surface area contributed by atoms with Gasteiger partial charge in [0, 0.05) is 36.8 Å². The minimum atomic E-state index is 0.811. The second-order valence-electron chi connectivity index (χ2n) is 15.0. The van der Waals surface area contributed by atoms with Gasteiger partial charge in [-0.3, -0.25) is 4.57 Å². The van der Waals surface area contributed by atoms with E-state index in [-0.39, 0.29) is 0 Å². The van der Waals surface area contributed by atoms with Crippen molar-refractivity contribution in [1.82, 2.24) is 14.5 Å². The molecule has 0 saturated heterocycles. The number of aromatic nitrogens is 3. The zero-order valence-electron chi connectivity index (χ0n) is 30.1. The number of fused-ring (bicyclic) bond motifs is 18. The molecule has 3 nitrogen and oxygen atoms in total. The standard InChI is InChI=1S/C52H29N3S/c1-3-13-33-30(11-1)23-27-43-48(33)49-44(28-25-41-37-17-6-5-15-35(37)36-16-7-8-19-40(36)47(41)49)55(43)52-50(53-42-26-22-31-12-2-4-14-34(31)51(42)54-52)32-21-24-39-38-18-9-10-20-45(38)56-46(39)29-32/h1-20,22-23,26-27,29H,25,28H2. The van der Waals surface area contributed by atoms with Gasteiger partial charge in [-0.2, -0.15) is 0 Å². The Morgan fingerprint density at radius 2 is 1.18 bits per heavy atom. The van der Waals surface area contributed by atoms with E-state index in [1.807, 2.05) is 0 Å². The number of hydrogen-bond donors (Lipinski definition) is 0. The van der Waals surface area contributed by atoms with Gasteiger partial charge < -0.3 is 0 Å². The van der Waals surface area contributed by atoms with Gasteiger partial charge in [0.05, 0.1) is 27.5 Å². The number of hydrogen-bond acceptors (Lipinski definition) is 3. The minimum Gasteiger partial charge on any atom is -0.296 e. The molecule has 1 aliphatic carbocycles. The first kappa shape index (κ1) is 30.3. The third-order valence-electron chi connectivity index (χ3n) is 12.1. The molecule has 0 fully saturated rings. The molecule has 0 saturated carbocycles. The van der Waals surface area contributed by atoms with Crippen molar-refractivity contribution < 1.29 is 0 Å². The van der Waals surface area contributed by atoms with E-state index < -0.39 is 0 Å². The van der Waals surface area contributed by atoms with Gasteiger partial charge in [-0.05, 0) is 85.9 Å². The Morgan fingerprint density at radius 3 is 2.02 bits per heavy atom. The molecule has 9 aromatic carbocycles. The Hall–Kier alpha value is -7.06. The molecule has 12 aromatic rings. The molecule has 0 atom stereocenters. The van der Waals surface area contributed by atoms with E-state index in [0.717, 1.165) is 62.6 Å².